The van der Waals surface area contributed by atoms with Gasteiger partial charge in [0.2, 0.25) is 0 Å². The fourth-order valence-corrected chi connectivity index (χ4v) is 1.41. The molecule has 2 aromatic rings. The van der Waals surface area contributed by atoms with Gasteiger partial charge in [-0.3, -0.25) is 4.79 Å². The quantitative estimate of drug-likeness (QED) is 0.754. The SMILES string of the molecule is Cn1nnnc1CC(=O)c1ccc(Cl)cc1. The Morgan fingerprint density at radius 2 is 2.06 bits per heavy atom. The van der Waals surface area contributed by atoms with Crippen LogP contribution >= 0.6 is 11.6 Å². The van der Waals surface area contributed by atoms with Crippen molar-refractivity contribution in [3.05, 3.63) is 40.7 Å². The maximum atomic E-state index is 11.8. The lowest BCUT2D eigenvalue weighted by atomic mass is 10.1. The van der Waals surface area contributed by atoms with Crippen molar-refractivity contribution < 1.29 is 4.79 Å². The Hall–Kier alpha value is -1.75. The molecule has 5 nitrogen and oxygen atoms in total. The van der Waals surface area contributed by atoms with Crippen LogP contribution in [0.3, 0.4) is 0 Å². The van der Waals surface area contributed by atoms with Crippen molar-refractivity contribution in [2.45, 2.75) is 6.42 Å². The second kappa shape index (κ2) is 4.40. The Balaban J connectivity index is 2.15. The topological polar surface area (TPSA) is 60.7 Å². The van der Waals surface area contributed by atoms with Crippen LogP contribution < -0.4 is 0 Å². The highest BCUT2D eigenvalue weighted by atomic mass is 35.5. The summed E-state index contributed by atoms with van der Waals surface area (Å²) in [5, 5.41) is 11.5. The molecule has 0 N–H and O–H groups in total. The average molecular weight is 237 g/mol. The zero-order valence-electron chi connectivity index (χ0n) is 8.59. The minimum Gasteiger partial charge on any atom is -0.294 e. The molecule has 0 atom stereocenters. The summed E-state index contributed by atoms with van der Waals surface area (Å²) in [5.41, 5.74) is 0.604. The van der Waals surface area contributed by atoms with Gasteiger partial charge in [-0.15, -0.1) is 5.10 Å². The van der Waals surface area contributed by atoms with Crippen LogP contribution in [0.25, 0.3) is 0 Å². The molecule has 2 rings (SSSR count). The van der Waals surface area contributed by atoms with Gasteiger partial charge in [0.05, 0.1) is 6.42 Å². The molecule has 1 aromatic heterocycles. The van der Waals surface area contributed by atoms with Gasteiger partial charge >= 0.3 is 0 Å². The molecule has 1 aromatic carbocycles. The zero-order valence-corrected chi connectivity index (χ0v) is 9.35. The largest absolute Gasteiger partial charge is 0.294 e. The van der Waals surface area contributed by atoms with Crippen LogP contribution in [-0.2, 0) is 13.5 Å². The van der Waals surface area contributed by atoms with E-state index >= 15 is 0 Å². The summed E-state index contributed by atoms with van der Waals surface area (Å²) in [5.74, 6) is 0.509. The van der Waals surface area contributed by atoms with E-state index in [1.807, 2.05) is 0 Å². The van der Waals surface area contributed by atoms with Crippen LogP contribution in [-0.4, -0.2) is 26.0 Å². The van der Waals surface area contributed by atoms with Crippen LogP contribution in [0.1, 0.15) is 16.2 Å². The number of halogens is 1. The van der Waals surface area contributed by atoms with Crippen molar-refractivity contribution in [1.82, 2.24) is 20.2 Å². The molecular formula is C10H9ClN4O. The second-order valence-corrected chi connectivity index (χ2v) is 3.76. The molecule has 82 valence electrons. The predicted octanol–water partition coefficient (Wildman–Crippen LogP) is 1.29. The van der Waals surface area contributed by atoms with Crippen molar-refractivity contribution in [3.8, 4) is 0 Å². The summed E-state index contributed by atoms with van der Waals surface area (Å²) < 4.78 is 1.48. The van der Waals surface area contributed by atoms with Crippen molar-refractivity contribution in [2.75, 3.05) is 0 Å². The molecule has 0 amide bonds. The number of carbonyl (C=O) groups is 1. The van der Waals surface area contributed by atoms with Gasteiger partial charge in [0.15, 0.2) is 11.6 Å². The highest BCUT2D eigenvalue weighted by molar-refractivity contribution is 6.30. The van der Waals surface area contributed by atoms with E-state index < -0.39 is 0 Å². The van der Waals surface area contributed by atoms with Crippen molar-refractivity contribution in [1.29, 1.82) is 0 Å². The van der Waals surface area contributed by atoms with Crippen LogP contribution in [0.5, 0.6) is 0 Å². The van der Waals surface area contributed by atoms with E-state index in [0.717, 1.165) is 0 Å². The molecule has 0 aliphatic carbocycles. The lowest BCUT2D eigenvalue weighted by Gasteiger charge is -1.99. The van der Waals surface area contributed by atoms with Gasteiger partial charge in [-0.2, -0.15) is 0 Å². The highest BCUT2D eigenvalue weighted by Gasteiger charge is 2.11. The summed E-state index contributed by atoms with van der Waals surface area (Å²) in [6, 6.07) is 6.75. The number of rotatable bonds is 3. The molecule has 16 heavy (non-hydrogen) atoms. The third-order valence-electron chi connectivity index (χ3n) is 2.19. The van der Waals surface area contributed by atoms with Gasteiger partial charge in [-0.25, -0.2) is 4.68 Å². The summed E-state index contributed by atoms with van der Waals surface area (Å²) in [6.07, 6.45) is 0.186. The minimum atomic E-state index is -0.0328. The van der Waals surface area contributed by atoms with Gasteiger partial charge in [0.1, 0.15) is 0 Å². The minimum absolute atomic E-state index is 0.0328. The molecule has 0 aliphatic rings. The molecule has 0 radical (unpaired) electrons. The molecule has 1 heterocycles. The Morgan fingerprint density at radius 3 is 2.62 bits per heavy atom. The molecule has 0 aliphatic heterocycles. The fourth-order valence-electron chi connectivity index (χ4n) is 1.28. The number of aryl methyl sites for hydroxylation is 1. The smallest absolute Gasteiger partial charge is 0.170 e. The summed E-state index contributed by atoms with van der Waals surface area (Å²) in [6.45, 7) is 0. The molecule has 0 unspecified atom stereocenters. The van der Waals surface area contributed by atoms with Gasteiger partial charge in [0, 0.05) is 17.6 Å². The normalized spacial score (nSPS) is 10.4. The number of carbonyl (C=O) groups excluding carboxylic acids is 1. The van der Waals surface area contributed by atoms with Gasteiger partial charge in [-0.05, 0) is 34.7 Å². The van der Waals surface area contributed by atoms with Crippen LogP contribution in [0, 0.1) is 0 Å². The van der Waals surface area contributed by atoms with Gasteiger partial charge < -0.3 is 0 Å². The maximum Gasteiger partial charge on any atom is 0.170 e. The lowest BCUT2D eigenvalue weighted by molar-refractivity contribution is 0.0989. The monoisotopic (exact) mass is 236 g/mol. The van der Waals surface area contributed by atoms with E-state index in [2.05, 4.69) is 15.5 Å². The number of tetrazole rings is 1. The first-order chi connectivity index (χ1) is 7.66. The third-order valence-corrected chi connectivity index (χ3v) is 2.44. The number of Topliss-reactive ketones (excluding diaryl/α,β-unsaturated/α-hetero) is 1. The first-order valence-corrected chi connectivity index (χ1v) is 5.04. The second-order valence-electron chi connectivity index (χ2n) is 3.33. The van der Waals surface area contributed by atoms with Crippen molar-refractivity contribution in [3.63, 3.8) is 0 Å². The Labute approximate surface area is 97.0 Å². The number of hydrogen-bond acceptors (Lipinski definition) is 4. The van der Waals surface area contributed by atoms with Gasteiger partial charge in [-0.1, -0.05) is 11.6 Å². The van der Waals surface area contributed by atoms with E-state index in [9.17, 15) is 4.79 Å². The number of aromatic nitrogens is 4. The molecular weight excluding hydrogens is 228 g/mol. The maximum absolute atomic E-state index is 11.8. The number of nitrogens with zero attached hydrogens (tertiary/aromatic N) is 4. The molecule has 0 saturated heterocycles. The molecule has 0 bridgehead atoms. The average Bonchev–Trinajstić information content (AvgIpc) is 2.65. The number of hydrogen-bond donors (Lipinski definition) is 0. The van der Waals surface area contributed by atoms with E-state index in [1.165, 1.54) is 4.68 Å². The highest BCUT2D eigenvalue weighted by Crippen LogP contribution is 2.11. The van der Waals surface area contributed by atoms with Crippen LogP contribution in [0.4, 0.5) is 0 Å². The fraction of sp³-hybridized carbons (Fsp3) is 0.200. The standard InChI is InChI=1S/C10H9ClN4O/c1-15-10(12-13-14-15)6-9(16)7-2-4-8(11)5-3-7/h2-5H,6H2,1H3. The Morgan fingerprint density at radius 1 is 1.38 bits per heavy atom. The first-order valence-electron chi connectivity index (χ1n) is 4.67. The predicted molar refractivity (Wildman–Crippen MR) is 58.3 cm³/mol. The van der Waals surface area contributed by atoms with E-state index in [-0.39, 0.29) is 12.2 Å². The Kier molecular flexibility index (Phi) is 2.96. The first kappa shape index (κ1) is 10.8. The zero-order chi connectivity index (χ0) is 11.5. The molecule has 0 spiro atoms. The summed E-state index contributed by atoms with van der Waals surface area (Å²) in [7, 11) is 1.70. The van der Waals surface area contributed by atoms with Gasteiger partial charge in [0.25, 0.3) is 0 Å². The van der Waals surface area contributed by atoms with Crippen LogP contribution in [0.15, 0.2) is 24.3 Å². The summed E-state index contributed by atoms with van der Waals surface area (Å²) >= 11 is 5.74. The molecule has 0 saturated carbocycles. The third kappa shape index (κ3) is 2.25. The van der Waals surface area contributed by atoms with Crippen molar-refractivity contribution in [2.24, 2.45) is 7.05 Å². The van der Waals surface area contributed by atoms with Crippen molar-refractivity contribution >= 4 is 17.4 Å². The molecule has 6 heteroatoms. The number of benzene rings is 1. The Bertz CT molecular complexity index is 506. The van der Waals surface area contributed by atoms with Crippen LogP contribution in [0.2, 0.25) is 5.02 Å². The van der Waals surface area contributed by atoms with E-state index in [4.69, 9.17) is 11.6 Å². The van der Waals surface area contributed by atoms with E-state index in [1.54, 1.807) is 31.3 Å². The van der Waals surface area contributed by atoms with E-state index in [0.29, 0.717) is 16.4 Å². The molecule has 0 fully saturated rings. The number of ketones is 1. The lowest BCUT2D eigenvalue weighted by Crippen LogP contribution is -2.08. The summed E-state index contributed by atoms with van der Waals surface area (Å²) in [4.78, 5) is 11.8.